The van der Waals surface area contributed by atoms with Crippen molar-refractivity contribution in [3.8, 4) is 0 Å². The highest BCUT2D eigenvalue weighted by Gasteiger charge is 2.22. The fourth-order valence-electron chi connectivity index (χ4n) is 1.50. The molecule has 2 N–H and O–H groups in total. The Kier molecular flexibility index (Phi) is 6.80. The standard InChI is InChI=1S/C12H24N2O3/c1-8(2)6-10(14(4)5)7-13-11(15)9(3)12(16)17/h8-10H,6-7H2,1-5H3,(H,13,15)(H,16,17). The minimum atomic E-state index is -1.09. The van der Waals surface area contributed by atoms with Crippen LogP contribution >= 0.6 is 0 Å². The van der Waals surface area contributed by atoms with Crippen LogP contribution in [0.15, 0.2) is 0 Å². The predicted octanol–water partition coefficient (Wildman–Crippen LogP) is 0.800. The smallest absolute Gasteiger partial charge is 0.315 e. The highest BCUT2D eigenvalue weighted by atomic mass is 16.4. The number of nitrogens with zero attached hydrogens (tertiary/aromatic N) is 1. The maximum absolute atomic E-state index is 11.5. The number of likely N-dealkylation sites (N-methyl/N-ethyl adjacent to an activating group) is 1. The van der Waals surface area contributed by atoms with Crippen LogP contribution in [0.1, 0.15) is 27.2 Å². The Morgan fingerprint density at radius 1 is 1.24 bits per heavy atom. The molecular weight excluding hydrogens is 220 g/mol. The minimum Gasteiger partial charge on any atom is -0.481 e. The molecule has 2 atom stereocenters. The lowest BCUT2D eigenvalue weighted by Gasteiger charge is -2.26. The number of carbonyl (C=O) groups is 2. The lowest BCUT2D eigenvalue weighted by molar-refractivity contribution is -0.146. The van der Waals surface area contributed by atoms with E-state index < -0.39 is 17.8 Å². The number of hydrogen-bond donors (Lipinski definition) is 2. The maximum atomic E-state index is 11.5. The van der Waals surface area contributed by atoms with Crippen LogP contribution in [-0.2, 0) is 9.59 Å². The molecule has 0 rings (SSSR count). The van der Waals surface area contributed by atoms with Crippen molar-refractivity contribution in [2.45, 2.75) is 33.2 Å². The first kappa shape index (κ1) is 15.9. The molecular formula is C12H24N2O3. The van der Waals surface area contributed by atoms with Crippen LogP contribution in [0.25, 0.3) is 0 Å². The summed E-state index contributed by atoms with van der Waals surface area (Å²) in [6.07, 6.45) is 0.967. The van der Waals surface area contributed by atoms with Gasteiger partial charge in [0.25, 0.3) is 0 Å². The van der Waals surface area contributed by atoms with E-state index in [2.05, 4.69) is 19.2 Å². The van der Waals surface area contributed by atoms with E-state index in [0.717, 1.165) is 6.42 Å². The Morgan fingerprint density at radius 3 is 2.12 bits per heavy atom. The number of aliphatic carboxylic acids is 1. The van der Waals surface area contributed by atoms with Gasteiger partial charge in [-0.15, -0.1) is 0 Å². The fraction of sp³-hybridized carbons (Fsp3) is 0.833. The van der Waals surface area contributed by atoms with Crippen LogP contribution in [0.5, 0.6) is 0 Å². The second-order valence-electron chi connectivity index (χ2n) is 5.05. The van der Waals surface area contributed by atoms with Gasteiger partial charge >= 0.3 is 5.97 Å². The first-order valence-corrected chi connectivity index (χ1v) is 5.92. The molecule has 0 radical (unpaired) electrons. The van der Waals surface area contributed by atoms with Gasteiger partial charge in [0, 0.05) is 12.6 Å². The molecule has 0 aromatic heterocycles. The zero-order valence-corrected chi connectivity index (χ0v) is 11.4. The molecule has 0 fully saturated rings. The number of amides is 1. The summed E-state index contributed by atoms with van der Waals surface area (Å²) in [5.74, 6) is -1.96. The van der Waals surface area contributed by atoms with Crippen molar-refractivity contribution in [3.05, 3.63) is 0 Å². The van der Waals surface area contributed by atoms with Gasteiger partial charge < -0.3 is 15.3 Å². The molecule has 0 aliphatic heterocycles. The normalized spacial score (nSPS) is 14.8. The van der Waals surface area contributed by atoms with E-state index in [1.54, 1.807) is 0 Å². The van der Waals surface area contributed by atoms with Crippen molar-refractivity contribution in [2.24, 2.45) is 11.8 Å². The lowest BCUT2D eigenvalue weighted by Crippen LogP contribution is -2.43. The Balaban J connectivity index is 4.21. The molecule has 0 aromatic carbocycles. The Labute approximate surface area is 103 Å². The third-order valence-corrected chi connectivity index (χ3v) is 2.75. The third kappa shape index (κ3) is 6.26. The topological polar surface area (TPSA) is 69.6 Å². The zero-order chi connectivity index (χ0) is 13.6. The van der Waals surface area contributed by atoms with Gasteiger partial charge in [-0.2, -0.15) is 0 Å². The number of carboxylic acid groups (broad SMARTS) is 1. The first-order valence-electron chi connectivity index (χ1n) is 5.92. The molecule has 0 heterocycles. The van der Waals surface area contributed by atoms with Crippen molar-refractivity contribution in [3.63, 3.8) is 0 Å². The van der Waals surface area contributed by atoms with Gasteiger partial charge in [-0.3, -0.25) is 9.59 Å². The van der Waals surface area contributed by atoms with Gasteiger partial charge in [0.2, 0.25) is 5.91 Å². The molecule has 0 aliphatic carbocycles. The van der Waals surface area contributed by atoms with E-state index in [0.29, 0.717) is 12.5 Å². The first-order chi connectivity index (χ1) is 7.75. The summed E-state index contributed by atoms with van der Waals surface area (Å²) < 4.78 is 0. The summed E-state index contributed by atoms with van der Waals surface area (Å²) in [6.45, 7) is 6.13. The molecule has 5 nitrogen and oxygen atoms in total. The summed E-state index contributed by atoms with van der Waals surface area (Å²) in [4.78, 5) is 24.2. The van der Waals surface area contributed by atoms with Crippen molar-refractivity contribution in [1.82, 2.24) is 10.2 Å². The molecule has 0 spiro atoms. The Bertz CT molecular complexity index is 264. The molecule has 0 bridgehead atoms. The van der Waals surface area contributed by atoms with Crippen LogP contribution < -0.4 is 5.32 Å². The molecule has 2 unspecified atom stereocenters. The zero-order valence-electron chi connectivity index (χ0n) is 11.4. The van der Waals surface area contributed by atoms with E-state index in [1.807, 2.05) is 19.0 Å². The van der Waals surface area contributed by atoms with Crippen molar-refractivity contribution in [1.29, 1.82) is 0 Å². The van der Waals surface area contributed by atoms with E-state index in [-0.39, 0.29) is 6.04 Å². The Hall–Kier alpha value is -1.10. The highest BCUT2D eigenvalue weighted by molar-refractivity contribution is 5.96. The quantitative estimate of drug-likeness (QED) is 0.650. The number of nitrogens with one attached hydrogen (secondary N) is 1. The van der Waals surface area contributed by atoms with Gasteiger partial charge in [-0.05, 0) is 33.4 Å². The van der Waals surface area contributed by atoms with Crippen molar-refractivity contribution < 1.29 is 14.7 Å². The number of rotatable bonds is 7. The summed E-state index contributed by atoms with van der Waals surface area (Å²) in [5, 5.41) is 11.4. The highest BCUT2D eigenvalue weighted by Crippen LogP contribution is 2.08. The molecule has 0 aromatic rings. The average molecular weight is 244 g/mol. The molecule has 100 valence electrons. The summed E-state index contributed by atoms with van der Waals surface area (Å²) in [5.41, 5.74) is 0. The molecule has 5 heteroatoms. The molecule has 17 heavy (non-hydrogen) atoms. The molecule has 0 saturated carbocycles. The van der Waals surface area contributed by atoms with Crippen LogP contribution in [0.4, 0.5) is 0 Å². The SMILES string of the molecule is CC(C)CC(CNC(=O)C(C)C(=O)O)N(C)C. The second kappa shape index (κ2) is 7.27. The van der Waals surface area contributed by atoms with Gasteiger partial charge in [0.05, 0.1) is 0 Å². The number of carboxylic acids is 1. The minimum absolute atomic E-state index is 0.236. The van der Waals surface area contributed by atoms with Crippen LogP contribution in [0.3, 0.4) is 0 Å². The fourth-order valence-corrected chi connectivity index (χ4v) is 1.50. The van der Waals surface area contributed by atoms with Gasteiger partial charge in [-0.1, -0.05) is 13.8 Å². The summed E-state index contributed by atoms with van der Waals surface area (Å²) >= 11 is 0. The molecule has 0 saturated heterocycles. The monoisotopic (exact) mass is 244 g/mol. The van der Waals surface area contributed by atoms with E-state index in [9.17, 15) is 9.59 Å². The second-order valence-corrected chi connectivity index (χ2v) is 5.05. The van der Waals surface area contributed by atoms with Crippen molar-refractivity contribution >= 4 is 11.9 Å². The Morgan fingerprint density at radius 2 is 1.76 bits per heavy atom. The molecule has 1 amide bonds. The van der Waals surface area contributed by atoms with Gasteiger partial charge in [0.1, 0.15) is 5.92 Å². The van der Waals surface area contributed by atoms with Crippen molar-refractivity contribution in [2.75, 3.05) is 20.6 Å². The van der Waals surface area contributed by atoms with Gasteiger partial charge in [-0.25, -0.2) is 0 Å². The van der Waals surface area contributed by atoms with E-state index >= 15 is 0 Å². The number of hydrogen-bond acceptors (Lipinski definition) is 3. The van der Waals surface area contributed by atoms with Crippen LogP contribution in [0.2, 0.25) is 0 Å². The lowest BCUT2D eigenvalue weighted by atomic mass is 10.0. The predicted molar refractivity (Wildman–Crippen MR) is 66.7 cm³/mol. The largest absolute Gasteiger partial charge is 0.481 e. The number of carbonyl (C=O) groups excluding carboxylic acids is 1. The average Bonchev–Trinajstić information content (AvgIpc) is 2.21. The summed E-state index contributed by atoms with van der Waals surface area (Å²) in [6, 6.07) is 0.236. The molecule has 0 aliphatic rings. The maximum Gasteiger partial charge on any atom is 0.315 e. The van der Waals surface area contributed by atoms with E-state index in [4.69, 9.17) is 5.11 Å². The van der Waals surface area contributed by atoms with Crippen LogP contribution in [0, 0.1) is 11.8 Å². The summed E-state index contributed by atoms with van der Waals surface area (Å²) in [7, 11) is 3.92. The van der Waals surface area contributed by atoms with Crippen LogP contribution in [-0.4, -0.2) is 48.6 Å². The van der Waals surface area contributed by atoms with E-state index in [1.165, 1.54) is 6.92 Å². The van der Waals surface area contributed by atoms with Gasteiger partial charge in [0.15, 0.2) is 0 Å². The third-order valence-electron chi connectivity index (χ3n) is 2.75.